The topological polar surface area (TPSA) is 43.9 Å². The van der Waals surface area contributed by atoms with E-state index >= 15 is 0 Å². The van der Waals surface area contributed by atoms with Gasteiger partial charge < -0.3 is 4.90 Å². The van der Waals surface area contributed by atoms with Gasteiger partial charge in [0.05, 0.1) is 0 Å². The van der Waals surface area contributed by atoms with Gasteiger partial charge in [0.25, 0.3) is 10.2 Å². The Morgan fingerprint density at radius 2 is 1.35 bits per heavy atom. The lowest BCUT2D eigenvalue weighted by atomic mass is 10.4. The molecule has 5 nitrogen and oxygen atoms in total. The van der Waals surface area contributed by atoms with Crippen LogP contribution < -0.4 is 0 Å². The van der Waals surface area contributed by atoms with Crippen molar-refractivity contribution in [2.75, 3.05) is 53.7 Å². The minimum Gasteiger partial charge on any atom is -0.309 e. The van der Waals surface area contributed by atoms with Gasteiger partial charge in [-0.25, -0.2) is 0 Å². The van der Waals surface area contributed by atoms with Crippen LogP contribution in [-0.2, 0) is 10.2 Å². The number of rotatable bonds is 9. The molecule has 0 aromatic heterocycles. The summed E-state index contributed by atoms with van der Waals surface area (Å²) < 4.78 is 26.8. The highest BCUT2D eigenvalue weighted by atomic mass is 35.5. The van der Waals surface area contributed by atoms with Gasteiger partial charge in [0.2, 0.25) is 0 Å². The summed E-state index contributed by atoms with van der Waals surface area (Å²) in [5, 5.41) is 0. The Labute approximate surface area is 111 Å². The molecule has 0 aliphatic carbocycles. The quantitative estimate of drug-likeness (QED) is 0.585. The molecule has 0 heterocycles. The number of hydrogen-bond acceptors (Lipinski definition) is 3. The van der Waals surface area contributed by atoms with Crippen molar-refractivity contribution in [3.8, 4) is 0 Å². The normalized spacial score (nSPS) is 12.9. The Morgan fingerprint density at radius 3 is 1.76 bits per heavy atom. The zero-order chi connectivity index (χ0) is 13.5. The number of alkyl halides is 1. The second-order valence-electron chi connectivity index (χ2n) is 4.35. The van der Waals surface area contributed by atoms with E-state index in [2.05, 4.69) is 0 Å². The second kappa shape index (κ2) is 8.26. The molecule has 0 rings (SSSR count). The summed E-state index contributed by atoms with van der Waals surface area (Å²) >= 11 is 5.55. The predicted octanol–water partition coefficient (Wildman–Crippen LogP) is 0.675. The van der Waals surface area contributed by atoms with Gasteiger partial charge in [-0.05, 0) is 33.5 Å². The van der Waals surface area contributed by atoms with Gasteiger partial charge in [-0.3, -0.25) is 0 Å². The SMILES string of the molecule is CN(C)CCCN(C)S(=O)(=O)N(C)CCCCl. The van der Waals surface area contributed by atoms with Gasteiger partial charge >= 0.3 is 0 Å². The molecule has 0 unspecified atom stereocenters. The van der Waals surface area contributed by atoms with Crippen molar-refractivity contribution in [2.24, 2.45) is 0 Å². The zero-order valence-corrected chi connectivity index (χ0v) is 12.8. The van der Waals surface area contributed by atoms with Gasteiger partial charge in [0.1, 0.15) is 0 Å². The molecule has 104 valence electrons. The maximum atomic E-state index is 12.0. The van der Waals surface area contributed by atoms with E-state index in [1.54, 1.807) is 14.1 Å². The molecule has 0 atom stereocenters. The maximum Gasteiger partial charge on any atom is 0.281 e. The van der Waals surface area contributed by atoms with Crippen molar-refractivity contribution in [1.82, 2.24) is 13.5 Å². The van der Waals surface area contributed by atoms with Crippen LogP contribution in [0.5, 0.6) is 0 Å². The van der Waals surface area contributed by atoms with Crippen molar-refractivity contribution in [3.63, 3.8) is 0 Å². The van der Waals surface area contributed by atoms with E-state index in [0.29, 0.717) is 25.4 Å². The first-order valence-electron chi connectivity index (χ1n) is 5.70. The molecule has 0 saturated heterocycles. The van der Waals surface area contributed by atoms with E-state index in [1.807, 2.05) is 19.0 Å². The molecule has 7 heteroatoms. The standard InChI is InChI=1S/C10H24ClN3O2S/c1-12(2)8-6-10-14(4)17(15,16)13(3)9-5-7-11/h5-10H2,1-4H3. The Bertz CT molecular complexity index is 296. The molecule has 0 aliphatic rings. The van der Waals surface area contributed by atoms with Crippen LogP contribution in [0.3, 0.4) is 0 Å². The fourth-order valence-corrected chi connectivity index (χ4v) is 2.68. The summed E-state index contributed by atoms with van der Waals surface area (Å²) in [7, 11) is 3.83. The van der Waals surface area contributed by atoms with Crippen LogP contribution >= 0.6 is 11.6 Å². The molecule has 0 saturated carbocycles. The van der Waals surface area contributed by atoms with Crippen molar-refractivity contribution in [2.45, 2.75) is 12.8 Å². The van der Waals surface area contributed by atoms with E-state index < -0.39 is 10.2 Å². The molecular weight excluding hydrogens is 262 g/mol. The lowest BCUT2D eigenvalue weighted by Gasteiger charge is -2.24. The molecule has 0 aromatic rings. The van der Waals surface area contributed by atoms with Crippen molar-refractivity contribution >= 4 is 21.8 Å². The first-order chi connectivity index (χ1) is 7.82. The van der Waals surface area contributed by atoms with Crippen LogP contribution in [0.1, 0.15) is 12.8 Å². The monoisotopic (exact) mass is 285 g/mol. The van der Waals surface area contributed by atoms with Gasteiger partial charge in [0.15, 0.2) is 0 Å². The number of hydrogen-bond donors (Lipinski definition) is 0. The number of nitrogens with zero attached hydrogens (tertiary/aromatic N) is 3. The molecule has 0 N–H and O–H groups in total. The Morgan fingerprint density at radius 1 is 0.882 bits per heavy atom. The average Bonchev–Trinajstić information content (AvgIpc) is 2.24. The third-order valence-electron chi connectivity index (χ3n) is 2.47. The first kappa shape index (κ1) is 17.1. The molecule has 17 heavy (non-hydrogen) atoms. The van der Waals surface area contributed by atoms with Crippen LogP contribution in [0.4, 0.5) is 0 Å². The summed E-state index contributed by atoms with van der Waals surface area (Å²) in [6, 6.07) is 0. The average molecular weight is 286 g/mol. The van der Waals surface area contributed by atoms with Crippen LogP contribution in [0, 0.1) is 0 Å². The first-order valence-corrected chi connectivity index (χ1v) is 7.63. The summed E-state index contributed by atoms with van der Waals surface area (Å²) in [6.45, 7) is 1.88. The smallest absolute Gasteiger partial charge is 0.281 e. The molecule has 0 radical (unpaired) electrons. The molecule has 0 aromatic carbocycles. The van der Waals surface area contributed by atoms with E-state index in [9.17, 15) is 8.42 Å². The van der Waals surface area contributed by atoms with E-state index in [4.69, 9.17) is 11.6 Å². The summed E-state index contributed by atoms with van der Waals surface area (Å²) in [4.78, 5) is 2.04. The largest absolute Gasteiger partial charge is 0.309 e. The highest BCUT2D eigenvalue weighted by molar-refractivity contribution is 7.86. The van der Waals surface area contributed by atoms with Crippen LogP contribution in [0.2, 0.25) is 0 Å². The van der Waals surface area contributed by atoms with Gasteiger partial charge in [-0.15, -0.1) is 11.6 Å². The second-order valence-corrected chi connectivity index (χ2v) is 6.87. The highest BCUT2D eigenvalue weighted by Crippen LogP contribution is 2.05. The van der Waals surface area contributed by atoms with E-state index in [-0.39, 0.29) is 0 Å². The lowest BCUT2D eigenvalue weighted by Crippen LogP contribution is -2.41. The summed E-state index contributed by atoms with van der Waals surface area (Å²) in [6.07, 6.45) is 1.49. The van der Waals surface area contributed by atoms with Gasteiger partial charge in [0, 0.05) is 33.1 Å². The molecule has 0 fully saturated rings. The van der Waals surface area contributed by atoms with E-state index in [0.717, 1.165) is 13.0 Å². The lowest BCUT2D eigenvalue weighted by molar-refractivity contribution is 0.352. The highest BCUT2D eigenvalue weighted by Gasteiger charge is 2.22. The fraction of sp³-hybridized carbons (Fsp3) is 1.00. The predicted molar refractivity (Wildman–Crippen MR) is 72.7 cm³/mol. The molecule has 0 amide bonds. The number of halogens is 1. The van der Waals surface area contributed by atoms with E-state index in [1.165, 1.54) is 8.61 Å². The maximum absolute atomic E-state index is 12.0. The third-order valence-corrected chi connectivity index (χ3v) is 4.68. The van der Waals surface area contributed by atoms with Crippen molar-refractivity contribution in [1.29, 1.82) is 0 Å². The minimum atomic E-state index is -3.32. The Balaban J connectivity index is 4.19. The van der Waals surface area contributed by atoms with Gasteiger partial charge in [-0.2, -0.15) is 17.0 Å². The fourth-order valence-electron chi connectivity index (χ4n) is 1.36. The minimum absolute atomic E-state index is 0.462. The van der Waals surface area contributed by atoms with Crippen molar-refractivity contribution < 1.29 is 8.42 Å². The Hall–Kier alpha value is 0.120. The molecule has 0 spiro atoms. The van der Waals surface area contributed by atoms with Crippen LogP contribution in [0.15, 0.2) is 0 Å². The molecule has 0 bridgehead atoms. The van der Waals surface area contributed by atoms with Crippen molar-refractivity contribution in [3.05, 3.63) is 0 Å². The third kappa shape index (κ3) is 6.57. The Kier molecular flexibility index (Phi) is 8.32. The van der Waals surface area contributed by atoms with Gasteiger partial charge in [-0.1, -0.05) is 0 Å². The van der Waals surface area contributed by atoms with Crippen LogP contribution in [-0.4, -0.2) is 75.6 Å². The molecule has 0 aliphatic heterocycles. The summed E-state index contributed by atoms with van der Waals surface area (Å²) in [5.41, 5.74) is 0. The molecular formula is C10H24ClN3O2S. The summed E-state index contributed by atoms with van der Waals surface area (Å²) in [5.74, 6) is 0.476. The van der Waals surface area contributed by atoms with Crippen LogP contribution in [0.25, 0.3) is 0 Å². The zero-order valence-electron chi connectivity index (χ0n) is 11.2.